The molecule has 1 aromatic rings. The summed E-state index contributed by atoms with van der Waals surface area (Å²) in [5.41, 5.74) is 8.86. The Morgan fingerprint density at radius 1 is 1.10 bits per heavy atom. The van der Waals surface area contributed by atoms with Gasteiger partial charge in [0.2, 0.25) is 0 Å². The molecular weight excluding hydrogens is 246 g/mol. The van der Waals surface area contributed by atoms with Crippen LogP contribution < -0.4 is 10.5 Å². The van der Waals surface area contributed by atoms with Crippen LogP contribution in [0.1, 0.15) is 44.1 Å². The van der Waals surface area contributed by atoms with Gasteiger partial charge >= 0.3 is 0 Å². The van der Waals surface area contributed by atoms with Gasteiger partial charge in [0, 0.05) is 0 Å². The fraction of sp³-hybridized carbons (Fsp3) is 0.667. The van der Waals surface area contributed by atoms with Gasteiger partial charge in [0.25, 0.3) is 0 Å². The highest BCUT2D eigenvalue weighted by molar-refractivity contribution is 5.54. The predicted octanol–water partition coefficient (Wildman–Crippen LogP) is 4.04. The number of anilines is 1. The second-order valence-electron chi connectivity index (χ2n) is 7.67. The van der Waals surface area contributed by atoms with Crippen molar-refractivity contribution >= 4 is 5.69 Å². The van der Waals surface area contributed by atoms with Crippen LogP contribution in [0.25, 0.3) is 0 Å². The number of hydrogen-bond acceptors (Lipinski definition) is 2. The van der Waals surface area contributed by atoms with E-state index in [1.807, 2.05) is 6.07 Å². The predicted molar refractivity (Wildman–Crippen MR) is 81.7 cm³/mol. The van der Waals surface area contributed by atoms with E-state index in [1.54, 1.807) is 7.11 Å². The lowest BCUT2D eigenvalue weighted by Crippen LogP contribution is -2.47. The first kappa shape index (κ1) is 12.6. The van der Waals surface area contributed by atoms with Crippen molar-refractivity contribution in [3.8, 4) is 5.75 Å². The molecule has 4 aliphatic carbocycles. The lowest BCUT2D eigenvalue weighted by atomic mass is 9.48. The van der Waals surface area contributed by atoms with Gasteiger partial charge in [-0.1, -0.05) is 6.07 Å². The third-order valence-electron chi connectivity index (χ3n) is 6.04. The lowest BCUT2D eigenvalue weighted by Gasteiger charge is -2.57. The minimum atomic E-state index is 0.593. The second kappa shape index (κ2) is 4.41. The van der Waals surface area contributed by atoms with E-state index in [2.05, 4.69) is 12.1 Å². The Labute approximate surface area is 121 Å². The summed E-state index contributed by atoms with van der Waals surface area (Å²) in [6, 6.07) is 6.39. The molecule has 2 heteroatoms. The Balaban J connectivity index is 1.58. The first-order chi connectivity index (χ1) is 9.66. The molecule has 0 aromatic heterocycles. The molecule has 1 aromatic carbocycles. The molecule has 4 aliphatic rings. The summed E-state index contributed by atoms with van der Waals surface area (Å²) >= 11 is 0. The molecule has 0 atom stereocenters. The first-order valence-electron chi connectivity index (χ1n) is 8.08. The van der Waals surface area contributed by atoms with Gasteiger partial charge in [0.15, 0.2) is 0 Å². The van der Waals surface area contributed by atoms with E-state index in [1.165, 1.54) is 50.5 Å². The van der Waals surface area contributed by atoms with Gasteiger partial charge < -0.3 is 10.5 Å². The third kappa shape index (κ3) is 2.01. The molecule has 20 heavy (non-hydrogen) atoms. The van der Waals surface area contributed by atoms with Crippen LogP contribution in [-0.2, 0) is 6.42 Å². The quantitative estimate of drug-likeness (QED) is 0.842. The van der Waals surface area contributed by atoms with Crippen LogP contribution >= 0.6 is 0 Å². The average Bonchev–Trinajstić information content (AvgIpc) is 2.36. The summed E-state index contributed by atoms with van der Waals surface area (Å²) in [6.45, 7) is 0. The van der Waals surface area contributed by atoms with Crippen LogP contribution in [0.2, 0.25) is 0 Å². The highest BCUT2D eigenvalue weighted by Gasteiger charge is 2.50. The number of ether oxygens (including phenoxy) is 1. The van der Waals surface area contributed by atoms with Crippen molar-refractivity contribution in [3.63, 3.8) is 0 Å². The van der Waals surface area contributed by atoms with Crippen LogP contribution in [0.15, 0.2) is 18.2 Å². The highest BCUT2D eigenvalue weighted by atomic mass is 16.5. The maximum Gasteiger partial charge on any atom is 0.141 e. The number of benzene rings is 1. The Hall–Kier alpha value is -1.18. The molecule has 108 valence electrons. The van der Waals surface area contributed by atoms with E-state index in [-0.39, 0.29) is 0 Å². The number of nitrogen functional groups attached to an aromatic ring is 1. The normalized spacial score (nSPS) is 38.1. The van der Waals surface area contributed by atoms with Crippen molar-refractivity contribution in [3.05, 3.63) is 23.8 Å². The van der Waals surface area contributed by atoms with Crippen LogP contribution in [0.5, 0.6) is 5.75 Å². The summed E-state index contributed by atoms with van der Waals surface area (Å²) in [5.74, 6) is 3.88. The summed E-state index contributed by atoms with van der Waals surface area (Å²) in [4.78, 5) is 0. The fourth-order valence-electron chi connectivity index (χ4n) is 5.83. The Morgan fingerprint density at radius 2 is 1.70 bits per heavy atom. The Kier molecular flexibility index (Phi) is 2.77. The van der Waals surface area contributed by atoms with E-state index in [0.717, 1.165) is 29.2 Å². The second-order valence-corrected chi connectivity index (χ2v) is 7.67. The largest absolute Gasteiger partial charge is 0.495 e. The molecule has 4 bridgehead atoms. The SMILES string of the molecule is COc1ccc(CC23CC4CC(CC(C4)C2)C3)cc1N. The molecule has 0 radical (unpaired) electrons. The van der Waals surface area contributed by atoms with Gasteiger partial charge in [-0.3, -0.25) is 0 Å². The molecule has 0 saturated heterocycles. The Morgan fingerprint density at radius 3 is 2.20 bits per heavy atom. The van der Waals surface area contributed by atoms with Crippen molar-refractivity contribution in [2.75, 3.05) is 12.8 Å². The topological polar surface area (TPSA) is 35.2 Å². The van der Waals surface area contributed by atoms with E-state index < -0.39 is 0 Å². The molecule has 0 spiro atoms. The van der Waals surface area contributed by atoms with Crippen molar-refractivity contribution < 1.29 is 4.74 Å². The van der Waals surface area contributed by atoms with Gasteiger partial charge in [-0.25, -0.2) is 0 Å². The summed E-state index contributed by atoms with van der Waals surface area (Å²) in [7, 11) is 1.68. The summed E-state index contributed by atoms with van der Waals surface area (Å²) < 4.78 is 5.27. The molecule has 0 unspecified atom stereocenters. The molecule has 5 rings (SSSR count). The zero-order chi connectivity index (χ0) is 13.7. The minimum absolute atomic E-state index is 0.593. The minimum Gasteiger partial charge on any atom is -0.495 e. The van der Waals surface area contributed by atoms with Crippen molar-refractivity contribution in [1.29, 1.82) is 0 Å². The maximum atomic E-state index is 6.07. The number of hydrogen-bond donors (Lipinski definition) is 1. The van der Waals surface area contributed by atoms with Gasteiger partial charge in [-0.05, 0) is 85.8 Å². The number of rotatable bonds is 3. The summed E-state index contributed by atoms with van der Waals surface area (Å²) in [5, 5.41) is 0. The smallest absolute Gasteiger partial charge is 0.141 e. The molecule has 2 N–H and O–H groups in total. The maximum absolute atomic E-state index is 6.07. The highest BCUT2D eigenvalue weighted by Crippen LogP contribution is 2.61. The molecule has 0 aliphatic heterocycles. The zero-order valence-corrected chi connectivity index (χ0v) is 12.4. The van der Waals surface area contributed by atoms with Crippen LogP contribution in [0, 0.1) is 23.2 Å². The lowest BCUT2D eigenvalue weighted by molar-refractivity contribution is -0.0521. The molecule has 4 saturated carbocycles. The molecule has 0 amide bonds. The molecule has 4 fully saturated rings. The third-order valence-corrected chi connectivity index (χ3v) is 6.04. The van der Waals surface area contributed by atoms with Crippen LogP contribution in [0.3, 0.4) is 0 Å². The number of nitrogens with two attached hydrogens (primary N) is 1. The average molecular weight is 271 g/mol. The molecule has 0 heterocycles. The van der Waals surface area contributed by atoms with Crippen LogP contribution in [0.4, 0.5) is 5.69 Å². The van der Waals surface area contributed by atoms with Crippen molar-refractivity contribution in [2.24, 2.45) is 23.2 Å². The fourth-order valence-corrected chi connectivity index (χ4v) is 5.83. The van der Waals surface area contributed by atoms with E-state index in [4.69, 9.17) is 10.5 Å². The van der Waals surface area contributed by atoms with E-state index >= 15 is 0 Å². The Bertz CT molecular complexity index is 487. The van der Waals surface area contributed by atoms with E-state index in [9.17, 15) is 0 Å². The van der Waals surface area contributed by atoms with Gasteiger partial charge in [0.05, 0.1) is 12.8 Å². The van der Waals surface area contributed by atoms with Gasteiger partial charge in [-0.15, -0.1) is 0 Å². The van der Waals surface area contributed by atoms with E-state index in [0.29, 0.717) is 5.41 Å². The van der Waals surface area contributed by atoms with Gasteiger partial charge in [0.1, 0.15) is 5.75 Å². The van der Waals surface area contributed by atoms with Crippen molar-refractivity contribution in [1.82, 2.24) is 0 Å². The zero-order valence-electron chi connectivity index (χ0n) is 12.4. The standard InChI is InChI=1S/C18H25NO/c1-20-17-3-2-12(7-16(17)19)8-18-9-13-4-14(10-18)6-15(5-13)11-18/h2-3,7,13-15H,4-6,8-11,19H2,1H3. The monoisotopic (exact) mass is 271 g/mol. The first-order valence-corrected chi connectivity index (χ1v) is 8.08. The number of methoxy groups -OCH3 is 1. The van der Waals surface area contributed by atoms with Crippen LogP contribution in [-0.4, -0.2) is 7.11 Å². The van der Waals surface area contributed by atoms with Crippen molar-refractivity contribution in [2.45, 2.75) is 44.9 Å². The summed E-state index contributed by atoms with van der Waals surface area (Å²) in [6.07, 6.45) is 10.2. The molecule has 2 nitrogen and oxygen atoms in total. The van der Waals surface area contributed by atoms with Gasteiger partial charge in [-0.2, -0.15) is 0 Å². The molecular formula is C18H25NO.